The van der Waals surface area contributed by atoms with Crippen LogP contribution in [0.3, 0.4) is 0 Å². The highest BCUT2D eigenvalue weighted by molar-refractivity contribution is 5.46. The summed E-state index contributed by atoms with van der Waals surface area (Å²) in [7, 11) is 0. The standard InChI is InChI=1S/C17H27N5/c1-14-8-18-13-19-17(14)22-11-15-9-21(10-16(15)12-22)7-6-20-4-2-3-5-20/h8,13,15-16H,2-7,9-12H2,1H3. The number of rotatable bonds is 4. The maximum atomic E-state index is 4.49. The molecule has 3 aliphatic rings. The molecule has 0 amide bonds. The zero-order valence-corrected chi connectivity index (χ0v) is 13.6. The Morgan fingerprint density at radius 2 is 1.68 bits per heavy atom. The number of aryl methyl sites for hydroxylation is 1. The molecule has 0 N–H and O–H groups in total. The quantitative estimate of drug-likeness (QED) is 0.836. The molecular weight excluding hydrogens is 274 g/mol. The first kappa shape index (κ1) is 14.4. The van der Waals surface area contributed by atoms with Crippen molar-refractivity contribution >= 4 is 5.82 Å². The van der Waals surface area contributed by atoms with Crippen LogP contribution in [0.5, 0.6) is 0 Å². The fourth-order valence-corrected chi connectivity index (χ4v) is 4.46. The van der Waals surface area contributed by atoms with Crippen LogP contribution in [0.4, 0.5) is 5.82 Å². The highest BCUT2D eigenvalue weighted by atomic mass is 15.3. The molecule has 0 radical (unpaired) electrons. The van der Waals surface area contributed by atoms with Crippen LogP contribution >= 0.6 is 0 Å². The van der Waals surface area contributed by atoms with Crippen LogP contribution in [0.2, 0.25) is 0 Å². The lowest BCUT2D eigenvalue weighted by atomic mass is 10.0. The van der Waals surface area contributed by atoms with Gasteiger partial charge in [0.25, 0.3) is 0 Å². The van der Waals surface area contributed by atoms with E-state index in [9.17, 15) is 0 Å². The molecule has 5 nitrogen and oxygen atoms in total. The third-order valence-corrected chi connectivity index (χ3v) is 5.66. The first-order valence-electron chi connectivity index (χ1n) is 8.76. The molecule has 3 aliphatic heterocycles. The summed E-state index contributed by atoms with van der Waals surface area (Å²) in [6.45, 7) is 12.2. The van der Waals surface area contributed by atoms with Crippen LogP contribution < -0.4 is 4.90 Å². The number of likely N-dealkylation sites (tertiary alicyclic amines) is 2. The fraction of sp³-hybridized carbons (Fsp3) is 0.765. The molecule has 22 heavy (non-hydrogen) atoms. The van der Waals surface area contributed by atoms with Gasteiger partial charge in [0.2, 0.25) is 0 Å². The molecule has 2 unspecified atom stereocenters. The van der Waals surface area contributed by atoms with Gasteiger partial charge >= 0.3 is 0 Å². The lowest BCUT2D eigenvalue weighted by molar-refractivity contribution is 0.248. The van der Waals surface area contributed by atoms with Gasteiger partial charge in [0, 0.05) is 51.0 Å². The van der Waals surface area contributed by atoms with Gasteiger partial charge < -0.3 is 14.7 Å². The average Bonchev–Trinajstić information content (AvgIpc) is 3.21. The van der Waals surface area contributed by atoms with Crippen LogP contribution in [0.25, 0.3) is 0 Å². The number of hydrogen-bond donors (Lipinski definition) is 0. The summed E-state index contributed by atoms with van der Waals surface area (Å²) >= 11 is 0. The maximum Gasteiger partial charge on any atom is 0.134 e. The van der Waals surface area contributed by atoms with Gasteiger partial charge in [-0.25, -0.2) is 9.97 Å². The SMILES string of the molecule is Cc1cncnc1N1CC2CN(CCN3CCCC3)CC2C1. The molecule has 5 heteroatoms. The molecule has 0 saturated carbocycles. The molecule has 0 aliphatic carbocycles. The molecule has 120 valence electrons. The summed E-state index contributed by atoms with van der Waals surface area (Å²) < 4.78 is 0. The van der Waals surface area contributed by atoms with E-state index in [2.05, 4.69) is 31.6 Å². The van der Waals surface area contributed by atoms with E-state index in [1.807, 2.05) is 6.20 Å². The normalized spacial score (nSPS) is 29.4. The van der Waals surface area contributed by atoms with E-state index < -0.39 is 0 Å². The van der Waals surface area contributed by atoms with Crippen molar-refractivity contribution < 1.29 is 0 Å². The van der Waals surface area contributed by atoms with E-state index in [1.165, 1.54) is 70.8 Å². The van der Waals surface area contributed by atoms with Crippen molar-refractivity contribution in [1.82, 2.24) is 19.8 Å². The fourth-order valence-electron chi connectivity index (χ4n) is 4.46. The number of anilines is 1. The van der Waals surface area contributed by atoms with E-state index >= 15 is 0 Å². The number of nitrogens with zero attached hydrogens (tertiary/aromatic N) is 5. The molecule has 0 bridgehead atoms. The largest absolute Gasteiger partial charge is 0.356 e. The molecule has 4 heterocycles. The van der Waals surface area contributed by atoms with Crippen molar-refractivity contribution in [1.29, 1.82) is 0 Å². The van der Waals surface area contributed by atoms with Crippen molar-refractivity contribution in [3.05, 3.63) is 18.1 Å². The maximum absolute atomic E-state index is 4.49. The highest BCUT2D eigenvalue weighted by Crippen LogP contribution is 2.33. The van der Waals surface area contributed by atoms with Crippen LogP contribution in [0.15, 0.2) is 12.5 Å². The van der Waals surface area contributed by atoms with Crippen LogP contribution in [0, 0.1) is 18.8 Å². The minimum atomic E-state index is 0.827. The van der Waals surface area contributed by atoms with Gasteiger partial charge in [0.1, 0.15) is 12.1 Å². The summed E-state index contributed by atoms with van der Waals surface area (Å²) in [5, 5.41) is 0. The molecule has 0 aromatic carbocycles. The van der Waals surface area contributed by atoms with Gasteiger partial charge in [-0.2, -0.15) is 0 Å². The Labute approximate surface area is 133 Å². The van der Waals surface area contributed by atoms with Gasteiger partial charge in [-0.3, -0.25) is 0 Å². The third-order valence-electron chi connectivity index (χ3n) is 5.66. The van der Waals surface area contributed by atoms with Crippen LogP contribution in [0.1, 0.15) is 18.4 Å². The van der Waals surface area contributed by atoms with E-state index in [1.54, 1.807) is 6.33 Å². The highest BCUT2D eigenvalue weighted by Gasteiger charge is 2.40. The van der Waals surface area contributed by atoms with Crippen molar-refractivity contribution in [2.75, 3.05) is 57.3 Å². The molecule has 1 aromatic rings. The predicted octanol–water partition coefficient (Wildman–Crippen LogP) is 1.25. The Hall–Kier alpha value is -1.20. The average molecular weight is 301 g/mol. The Morgan fingerprint density at radius 3 is 2.36 bits per heavy atom. The molecule has 1 aromatic heterocycles. The van der Waals surface area contributed by atoms with Gasteiger partial charge in [-0.05, 0) is 44.7 Å². The Bertz CT molecular complexity index is 500. The summed E-state index contributed by atoms with van der Waals surface area (Å²) in [6, 6.07) is 0. The number of fused-ring (bicyclic) bond motifs is 1. The Balaban J connectivity index is 1.30. The molecule has 3 fully saturated rings. The second-order valence-electron chi connectivity index (χ2n) is 7.26. The van der Waals surface area contributed by atoms with Gasteiger partial charge in [0.05, 0.1) is 0 Å². The summed E-state index contributed by atoms with van der Waals surface area (Å²) in [5.74, 6) is 2.80. The molecule has 4 rings (SSSR count). The number of aromatic nitrogens is 2. The van der Waals surface area contributed by atoms with E-state index in [0.29, 0.717) is 0 Å². The van der Waals surface area contributed by atoms with Gasteiger partial charge in [-0.1, -0.05) is 0 Å². The van der Waals surface area contributed by atoms with Crippen molar-refractivity contribution in [3.63, 3.8) is 0 Å². The monoisotopic (exact) mass is 301 g/mol. The van der Waals surface area contributed by atoms with Gasteiger partial charge in [-0.15, -0.1) is 0 Å². The summed E-state index contributed by atoms with van der Waals surface area (Å²) in [4.78, 5) is 16.4. The van der Waals surface area contributed by atoms with Crippen molar-refractivity contribution in [3.8, 4) is 0 Å². The van der Waals surface area contributed by atoms with Gasteiger partial charge in [0.15, 0.2) is 0 Å². The first-order valence-corrected chi connectivity index (χ1v) is 8.76. The molecule has 3 saturated heterocycles. The predicted molar refractivity (Wildman–Crippen MR) is 88.1 cm³/mol. The first-order chi connectivity index (χ1) is 10.8. The molecular formula is C17H27N5. The topological polar surface area (TPSA) is 35.5 Å². The smallest absolute Gasteiger partial charge is 0.134 e. The second kappa shape index (κ2) is 6.13. The van der Waals surface area contributed by atoms with E-state index in [0.717, 1.165) is 17.7 Å². The van der Waals surface area contributed by atoms with Crippen LogP contribution in [-0.2, 0) is 0 Å². The number of hydrogen-bond acceptors (Lipinski definition) is 5. The van der Waals surface area contributed by atoms with E-state index in [4.69, 9.17) is 0 Å². The van der Waals surface area contributed by atoms with E-state index in [-0.39, 0.29) is 0 Å². The Morgan fingerprint density at radius 1 is 1.00 bits per heavy atom. The minimum absolute atomic E-state index is 0.827. The zero-order chi connectivity index (χ0) is 14.9. The lowest BCUT2D eigenvalue weighted by Crippen LogP contribution is -2.35. The van der Waals surface area contributed by atoms with Crippen molar-refractivity contribution in [2.24, 2.45) is 11.8 Å². The Kier molecular flexibility index (Phi) is 4.01. The second-order valence-corrected chi connectivity index (χ2v) is 7.26. The summed E-state index contributed by atoms with van der Waals surface area (Å²) in [6.07, 6.45) is 6.41. The zero-order valence-electron chi connectivity index (χ0n) is 13.6. The lowest BCUT2D eigenvalue weighted by Gasteiger charge is -2.24. The molecule has 2 atom stereocenters. The molecule has 0 spiro atoms. The van der Waals surface area contributed by atoms with Crippen LogP contribution in [-0.4, -0.2) is 72.1 Å². The summed E-state index contributed by atoms with van der Waals surface area (Å²) in [5.41, 5.74) is 1.20. The third kappa shape index (κ3) is 2.84. The minimum Gasteiger partial charge on any atom is -0.356 e. The van der Waals surface area contributed by atoms with Crippen molar-refractivity contribution in [2.45, 2.75) is 19.8 Å².